The number of pyridine rings is 2. The summed E-state index contributed by atoms with van der Waals surface area (Å²) in [6.45, 7) is 2.01. The second-order valence-corrected chi connectivity index (χ2v) is 9.38. The van der Waals surface area contributed by atoms with Gasteiger partial charge in [-0.15, -0.1) is 10.2 Å². The zero-order chi connectivity index (χ0) is 24.9. The number of alkyl halides is 3. The number of carboxylic acid groups (broad SMARTS) is 1. The topological polar surface area (TPSA) is 95.7 Å². The number of fused-ring (bicyclic) bond motifs is 2. The van der Waals surface area contributed by atoms with Crippen molar-refractivity contribution >= 4 is 38.6 Å². The fraction of sp³-hybridized carbons (Fsp3) is 0.304. The zero-order valence-electron chi connectivity index (χ0n) is 18.4. The van der Waals surface area contributed by atoms with Gasteiger partial charge in [0.15, 0.2) is 11.5 Å². The van der Waals surface area contributed by atoms with Crippen molar-refractivity contribution < 1.29 is 23.1 Å². The number of likely N-dealkylation sites (tertiary alicyclic amines) is 1. The summed E-state index contributed by atoms with van der Waals surface area (Å²) < 4.78 is 45.1. The normalized spacial score (nSPS) is 17.8. The van der Waals surface area contributed by atoms with Crippen LogP contribution in [0.25, 0.3) is 28.1 Å². The molecule has 0 aliphatic carbocycles. The van der Waals surface area contributed by atoms with E-state index in [9.17, 15) is 18.0 Å². The van der Waals surface area contributed by atoms with Crippen LogP contribution in [-0.4, -0.2) is 61.0 Å². The fourth-order valence-corrected chi connectivity index (χ4v) is 4.91. The number of halogens is 4. The van der Waals surface area contributed by atoms with Crippen LogP contribution in [0.15, 0.2) is 47.1 Å². The number of aryl methyl sites for hydroxylation is 1. The molecule has 12 heteroatoms. The van der Waals surface area contributed by atoms with Crippen LogP contribution in [0.2, 0.25) is 0 Å². The molecule has 1 saturated heterocycles. The Bertz CT molecular complexity index is 1440. The van der Waals surface area contributed by atoms with Gasteiger partial charge in [0.05, 0.1) is 5.52 Å². The van der Waals surface area contributed by atoms with Crippen molar-refractivity contribution in [2.45, 2.75) is 31.6 Å². The number of aromatic nitrogens is 4. The van der Waals surface area contributed by atoms with Crippen LogP contribution >= 0.6 is 15.9 Å². The molecule has 1 aliphatic heterocycles. The monoisotopic (exact) mass is 548 g/mol. The number of benzene rings is 1. The van der Waals surface area contributed by atoms with Crippen molar-refractivity contribution in [3.8, 4) is 11.5 Å². The fourth-order valence-electron chi connectivity index (χ4n) is 4.60. The molecule has 182 valence electrons. The third-order valence-corrected chi connectivity index (χ3v) is 7.10. The quantitative estimate of drug-likeness (QED) is 0.374. The Hall–Kier alpha value is -3.25. The van der Waals surface area contributed by atoms with Crippen molar-refractivity contribution in [3.05, 3.63) is 58.2 Å². The van der Waals surface area contributed by atoms with Gasteiger partial charge in [-0.05, 0) is 42.7 Å². The SMILES string of the molecule is Cc1c(Br)ccc2ccc(-c3nnc4ccc([C@@H](N5CC[C@H](NC(=O)O)C5)C(F)(F)F)cn34)nc12. The van der Waals surface area contributed by atoms with Crippen molar-refractivity contribution in [2.24, 2.45) is 0 Å². The first kappa shape index (κ1) is 23.5. The Morgan fingerprint density at radius 1 is 1.20 bits per heavy atom. The van der Waals surface area contributed by atoms with Crippen LogP contribution in [0, 0.1) is 6.92 Å². The van der Waals surface area contributed by atoms with Crippen LogP contribution < -0.4 is 5.32 Å². The standard InChI is InChI=1S/C23H20BrF3N6O2/c1-12-16(24)5-2-13-3-6-17(29-19(12)13)21-31-30-18-7-4-14(10-33(18)21)20(23(25,26)27)32-9-8-15(11-32)28-22(34)35/h2-7,10,15,20,28H,8-9,11H2,1H3,(H,34,35)/t15-,20+/m0/s1. The highest BCUT2D eigenvalue weighted by molar-refractivity contribution is 9.10. The van der Waals surface area contributed by atoms with E-state index < -0.39 is 24.4 Å². The van der Waals surface area contributed by atoms with E-state index in [4.69, 9.17) is 10.1 Å². The zero-order valence-corrected chi connectivity index (χ0v) is 20.0. The molecule has 0 spiro atoms. The number of amides is 1. The van der Waals surface area contributed by atoms with Crippen molar-refractivity contribution in [1.29, 1.82) is 0 Å². The van der Waals surface area contributed by atoms with Crippen molar-refractivity contribution in [1.82, 2.24) is 29.8 Å². The van der Waals surface area contributed by atoms with Gasteiger partial charge in [-0.2, -0.15) is 13.2 Å². The predicted molar refractivity (Wildman–Crippen MR) is 126 cm³/mol. The van der Waals surface area contributed by atoms with E-state index in [0.29, 0.717) is 23.6 Å². The van der Waals surface area contributed by atoms with E-state index in [2.05, 4.69) is 31.4 Å². The Balaban J connectivity index is 1.56. The molecule has 1 aliphatic rings. The van der Waals surface area contributed by atoms with Crippen LogP contribution in [0.3, 0.4) is 0 Å². The van der Waals surface area contributed by atoms with Crippen molar-refractivity contribution in [2.75, 3.05) is 13.1 Å². The summed E-state index contributed by atoms with van der Waals surface area (Å²) in [7, 11) is 0. The third kappa shape index (κ3) is 4.43. The van der Waals surface area contributed by atoms with Gasteiger partial charge in [-0.1, -0.05) is 34.1 Å². The first-order chi connectivity index (χ1) is 16.6. The lowest BCUT2D eigenvalue weighted by Gasteiger charge is -2.30. The summed E-state index contributed by atoms with van der Waals surface area (Å²) >= 11 is 3.50. The summed E-state index contributed by atoms with van der Waals surface area (Å²) in [6.07, 6.45) is -4.12. The van der Waals surface area contributed by atoms with Crippen LogP contribution in [0.4, 0.5) is 18.0 Å². The van der Waals surface area contributed by atoms with Crippen LogP contribution in [-0.2, 0) is 0 Å². The van der Waals surface area contributed by atoms with Gasteiger partial charge in [0.2, 0.25) is 0 Å². The van der Waals surface area contributed by atoms with Gasteiger partial charge in [0, 0.05) is 35.2 Å². The van der Waals surface area contributed by atoms with E-state index >= 15 is 0 Å². The number of rotatable bonds is 4. The second kappa shape index (κ2) is 8.76. The molecular formula is C23H20BrF3N6O2. The highest BCUT2D eigenvalue weighted by atomic mass is 79.9. The number of hydrogen-bond acceptors (Lipinski definition) is 5. The molecule has 4 heterocycles. The summed E-state index contributed by atoms with van der Waals surface area (Å²) in [6, 6.07) is 7.95. The maximum Gasteiger partial charge on any atom is 0.408 e. The minimum absolute atomic E-state index is 0.0155. The third-order valence-electron chi connectivity index (χ3n) is 6.24. The summed E-state index contributed by atoms with van der Waals surface area (Å²) in [4.78, 5) is 16.9. The highest BCUT2D eigenvalue weighted by Gasteiger charge is 2.47. The summed E-state index contributed by atoms with van der Waals surface area (Å²) in [5.74, 6) is 0.330. The molecule has 1 fully saturated rings. The molecule has 1 amide bonds. The number of carbonyl (C=O) groups is 1. The van der Waals surface area contributed by atoms with Crippen LogP contribution in [0.5, 0.6) is 0 Å². The average molecular weight is 549 g/mol. The maximum atomic E-state index is 14.2. The Labute approximate surface area is 205 Å². The maximum absolute atomic E-state index is 14.2. The highest BCUT2D eigenvalue weighted by Crippen LogP contribution is 2.40. The van der Waals surface area contributed by atoms with Gasteiger partial charge in [0.1, 0.15) is 11.7 Å². The molecular weight excluding hydrogens is 529 g/mol. The molecule has 2 atom stereocenters. The predicted octanol–water partition coefficient (Wildman–Crippen LogP) is 4.96. The molecule has 0 bridgehead atoms. The summed E-state index contributed by atoms with van der Waals surface area (Å²) in [5, 5.41) is 20.5. The molecule has 8 nitrogen and oxygen atoms in total. The Morgan fingerprint density at radius 3 is 2.71 bits per heavy atom. The molecule has 4 aromatic rings. The number of nitrogens with zero attached hydrogens (tertiary/aromatic N) is 5. The largest absolute Gasteiger partial charge is 0.465 e. The van der Waals surface area contributed by atoms with E-state index in [0.717, 1.165) is 20.9 Å². The van der Waals surface area contributed by atoms with Gasteiger partial charge in [-0.3, -0.25) is 9.30 Å². The molecule has 1 aromatic carbocycles. The number of nitrogens with one attached hydrogen (secondary N) is 1. The van der Waals surface area contributed by atoms with E-state index in [1.807, 2.05) is 25.1 Å². The molecule has 0 unspecified atom stereocenters. The van der Waals surface area contributed by atoms with Gasteiger partial charge >= 0.3 is 12.3 Å². The van der Waals surface area contributed by atoms with Crippen LogP contribution in [0.1, 0.15) is 23.6 Å². The minimum atomic E-state index is -4.56. The van der Waals surface area contributed by atoms with E-state index in [1.54, 1.807) is 6.07 Å². The average Bonchev–Trinajstić information content (AvgIpc) is 3.42. The van der Waals surface area contributed by atoms with Gasteiger partial charge in [0.25, 0.3) is 0 Å². The lowest BCUT2D eigenvalue weighted by molar-refractivity contribution is -0.184. The molecule has 35 heavy (non-hydrogen) atoms. The number of hydrogen-bond donors (Lipinski definition) is 2. The first-order valence-corrected chi connectivity index (χ1v) is 11.6. The lowest BCUT2D eigenvalue weighted by Crippen LogP contribution is -2.40. The summed E-state index contributed by atoms with van der Waals surface area (Å²) in [5.41, 5.74) is 2.59. The molecule has 5 rings (SSSR count). The minimum Gasteiger partial charge on any atom is -0.465 e. The van der Waals surface area contributed by atoms with E-state index in [1.165, 1.54) is 27.6 Å². The Kier molecular flexibility index (Phi) is 5.88. The molecule has 2 N–H and O–H groups in total. The Morgan fingerprint density at radius 2 is 1.97 bits per heavy atom. The van der Waals surface area contributed by atoms with Crippen molar-refractivity contribution in [3.63, 3.8) is 0 Å². The molecule has 3 aromatic heterocycles. The smallest absolute Gasteiger partial charge is 0.408 e. The first-order valence-electron chi connectivity index (χ1n) is 10.8. The van der Waals surface area contributed by atoms with Gasteiger partial charge in [-0.25, -0.2) is 9.78 Å². The molecule has 0 saturated carbocycles. The van der Waals surface area contributed by atoms with E-state index in [-0.39, 0.29) is 18.7 Å². The lowest BCUT2D eigenvalue weighted by atomic mass is 10.1. The second-order valence-electron chi connectivity index (χ2n) is 8.53. The van der Waals surface area contributed by atoms with Gasteiger partial charge < -0.3 is 10.4 Å². The molecule has 0 radical (unpaired) electrons.